The van der Waals surface area contributed by atoms with Gasteiger partial charge in [-0.05, 0) is 43.7 Å². The van der Waals surface area contributed by atoms with E-state index in [1.807, 2.05) is 25.1 Å². The van der Waals surface area contributed by atoms with Crippen LogP contribution in [0.3, 0.4) is 0 Å². The lowest BCUT2D eigenvalue weighted by Crippen LogP contribution is -2.22. The van der Waals surface area contributed by atoms with Gasteiger partial charge < -0.3 is 14.8 Å². The van der Waals surface area contributed by atoms with E-state index in [0.717, 1.165) is 14.9 Å². The Balaban J connectivity index is 1.64. The molecular weight excluding hydrogens is 562 g/mol. The molecule has 1 N–H and O–H groups in total. The number of benzene rings is 2. The Morgan fingerprint density at radius 3 is 2.59 bits per heavy atom. The molecule has 0 atom stereocenters. The average molecular weight is 583 g/mol. The molecule has 0 unspecified atom stereocenters. The van der Waals surface area contributed by atoms with Gasteiger partial charge in [-0.25, -0.2) is 4.79 Å². The Morgan fingerprint density at radius 2 is 1.88 bits per heavy atom. The number of carbonyl (C=O) groups excluding carboxylic acids is 3. The zero-order valence-electron chi connectivity index (χ0n) is 18.4. The second kappa shape index (κ2) is 12.4. The van der Waals surface area contributed by atoms with E-state index in [1.54, 1.807) is 36.6 Å². The molecule has 0 fully saturated rings. The summed E-state index contributed by atoms with van der Waals surface area (Å²) in [5, 5.41) is 5.15. The van der Waals surface area contributed by atoms with Crippen molar-refractivity contribution in [2.75, 3.05) is 24.3 Å². The van der Waals surface area contributed by atoms with Crippen LogP contribution in [0, 0.1) is 6.92 Å². The number of anilines is 1. The summed E-state index contributed by atoms with van der Waals surface area (Å²) in [7, 11) is 0. The summed E-state index contributed by atoms with van der Waals surface area (Å²) in [6, 6.07) is 12.9. The number of amides is 1. The van der Waals surface area contributed by atoms with E-state index < -0.39 is 24.5 Å². The van der Waals surface area contributed by atoms with Gasteiger partial charge in [0.05, 0.1) is 12.4 Å². The van der Waals surface area contributed by atoms with Gasteiger partial charge in [0.25, 0.3) is 5.91 Å². The molecule has 2 aromatic carbocycles. The topological polar surface area (TPSA) is 81.7 Å². The molecule has 3 aromatic rings. The predicted molar refractivity (Wildman–Crippen MR) is 140 cm³/mol. The van der Waals surface area contributed by atoms with E-state index >= 15 is 0 Å². The van der Waals surface area contributed by atoms with Crippen LogP contribution in [0.5, 0.6) is 0 Å². The Morgan fingerprint density at radius 1 is 1.12 bits per heavy atom. The van der Waals surface area contributed by atoms with Crippen LogP contribution in [0.25, 0.3) is 11.1 Å². The van der Waals surface area contributed by atoms with Gasteiger partial charge in [0.15, 0.2) is 6.61 Å². The Labute approximate surface area is 219 Å². The first-order chi connectivity index (χ1) is 16.3. The van der Waals surface area contributed by atoms with Gasteiger partial charge in [-0.2, -0.15) is 0 Å². The molecule has 0 radical (unpaired) electrons. The Kier molecular flexibility index (Phi) is 9.58. The van der Waals surface area contributed by atoms with Gasteiger partial charge in [0.1, 0.15) is 10.6 Å². The summed E-state index contributed by atoms with van der Waals surface area (Å²) in [6.07, 6.45) is 0. The lowest BCUT2D eigenvalue weighted by molar-refractivity contribution is -0.144. The van der Waals surface area contributed by atoms with Crippen molar-refractivity contribution in [2.24, 2.45) is 0 Å². The summed E-state index contributed by atoms with van der Waals surface area (Å²) in [4.78, 5) is 38.2. The number of rotatable bonds is 9. The molecule has 0 saturated heterocycles. The van der Waals surface area contributed by atoms with E-state index in [2.05, 4.69) is 21.2 Å². The number of hydrogen-bond donors (Lipinski definition) is 1. The minimum Gasteiger partial charge on any atom is -0.462 e. The minimum absolute atomic E-state index is 0.0689. The smallest absolute Gasteiger partial charge is 0.341 e. The summed E-state index contributed by atoms with van der Waals surface area (Å²) >= 11 is 12.2. The molecule has 0 saturated carbocycles. The van der Waals surface area contributed by atoms with Crippen molar-refractivity contribution in [3.05, 3.63) is 68.5 Å². The van der Waals surface area contributed by atoms with E-state index in [0.29, 0.717) is 21.2 Å². The minimum atomic E-state index is -0.577. The molecule has 34 heavy (non-hydrogen) atoms. The van der Waals surface area contributed by atoms with Crippen LogP contribution in [0.15, 0.2) is 57.2 Å². The average Bonchev–Trinajstić information content (AvgIpc) is 3.20. The van der Waals surface area contributed by atoms with Crippen molar-refractivity contribution in [3.8, 4) is 11.1 Å². The number of carbonyl (C=O) groups is 3. The van der Waals surface area contributed by atoms with Gasteiger partial charge in [-0.3, -0.25) is 9.59 Å². The Hall–Kier alpha value is -2.33. The predicted octanol–water partition coefficient (Wildman–Crippen LogP) is 6.59. The van der Waals surface area contributed by atoms with Gasteiger partial charge in [-0.15, -0.1) is 23.1 Å². The fourth-order valence-electron chi connectivity index (χ4n) is 3.00. The van der Waals surface area contributed by atoms with Crippen LogP contribution in [0.4, 0.5) is 5.00 Å². The third kappa shape index (κ3) is 6.85. The summed E-state index contributed by atoms with van der Waals surface area (Å²) in [5.74, 6) is -1.58. The van der Waals surface area contributed by atoms with Gasteiger partial charge in [0, 0.05) is 30.9 Å². The van der Waals surface area contributed by atoms with E-state index in [4.69, 9.17) is 21.1 Å². The largest absolute Gasteiger partial charge is 0.462 e. The molecule has 0 aliphatic heterocycles. The zero-order valence-corrected chi connectivity index (χ0v) is 22.3. The van der Waals surface area contributed by atoms with Gasteiger partial charge in [-0.1, -0.05) is 45.7 Å². The number of hydrogen-bond acceptors (Lipinski definition) is 7. The number of aryl methyl sites for hydroxylation is 1. The van der Waals surface area contributed by atoms with Crippen LogP contribution in [0.2, 0.25) is 5.02 Å². The van der Waals surface area contributed by atoms with Crippen LogP contribution < -0.4 is 5.32 Å². The highest BCUT2D eigenvalue weighted by Crippen LogP contribution is 2.39. The molecule has 1 heterocycles. The maximum atomic E-state index is 12.6. The van der Waals surface area contributed by atoms with Crippen LogP contribution in [-0.4, -0.2) is 36.8 Å². The first-order valence-corrected chi connectivity index (χ1v) is 13.2. The molecule has 6 nitrogen and oxygen atoms in total. The summed E-state index contributed by atoms with van der Waals surface area (Å²) < 4.78 is 11.2. The number of nitrogens with one attached hydrogen (secondary N) is 1. The standard InChI is InChI=1S/C24H21BrClNO5S2/c1-3-31-24(30)22-17(16-6-4-5-7-18(16)26)12-34-23(22)27-20(28)11-32-21(29)13-33-19-9-8-15(25)10-14(19)2/h4-10,12H,3,11,13H2,1-2H3,(H,27,28). The van der Waals surface area contributed by atoms with Crippen LogP contribution in [0.1, 0.15) is 22.8 Å². The summed E-state index contributed by atoms with van der Waals surface area (Å²) in [6.45, 7) is 3.35. The fourth-order valence-corrected chi connectivity index (χ4v) is 5.48. The van der Waals surface area contributed by atoms with Crippen molar-refractivity contribution >= 4 is 73.5 Å². The third-order valence-electron chi connectivity index (χ3n) is 4.53. The normalized spacial score (nSPS) is 10.6. The lowest BCUT2D eigenvalue weighted by atomic mass is 10.0. The third-order valence-corrected chi connectivity index (χ3v) is 7.40. The SMILES string of the molecule is CCOC(=O)c1c(-c2ccccc2Cl)csc1NC(=O)COC(=O)CSc1ccc(Br)cc1C. The molecule has 1 aromatic heterocycles. The maximum absolute atomic E-state index is 12.6. The molecular formula is C24H21BrClNO5S2. The van der Waals surface area contributed by atoms with Crippen molar-refractivity contribution in [2.45, 2.75) is 18.7 Å². The van der Waals surface area contributed by atoms with Crippen molar-refractivity contribution in [3.63, 3.8) is 0 Å². The Bertz CT molecular complexity index is 1210. The quantitative estimate of drug-likeness (QED) is 0.226. The molecule has 1 amide bonds. The maximum Gasteiger partial charge on any atom is 0.341 e. The number of esters is 2. The van der Waals surface area contributed by atoms with Gasteiger partial charge >= 0.3 is 11.9 Å². The molecule has 178 valence electrons. The fraction of sp³-hybridized carbons (Fsp3) is 0.208. The molecule has 0 aliphatic carbocycles. The van der Waals surface area contributed by atoms with E-state index in [9.17, 15) is 14.4 Å². The monoisotopic (exact) mass is 581 g/mol. The highest BCUT2D eigenvalue weighted by Gasteiger charge is 2.24. The highest BCUT2D eigenvalue weighted by molar-refractivity contribution is 9.10. The second-order valence-corrected chi connectivity index (χ2v) is 10.2. The lowest BCUT2D eigenvalue weighted by Gasteiger charge is -2.10. The van der Waals surface area contributed by atoms with Crippen molar-refractivity contribution in [1.29, 1.82) is 0 Å². The first-order valence-electron chi connectivity index (χ1n) is 10.2. The summed E-state index contributed by atoms with van der Waals surface area (Å²) in [5.41, 5.74) is 2.45. The number of thiophene rings is 1. The van der Waals surface area contributed by atoms with Crippen molar-refractivity contribution in [1.82, 2.24) is 0 Å². The molecule has 3 rings (SSSR count). The molecule has 0 bridgehead atoms. The molecule has 10 heteroatoms. The number of thioether (sulfide) groups is 1. The highest BCUT2D eigenvalue weighted by atomic mass is 79.9. The van der Waals surface area contributed by atoms with E-state index in [1.165, 1.54) is 23.1 Å². The molecule has 0 spiro atoms. The van der Waals surface area contributed by atoms with Crippen molar-refractivity contribution < 1.29 is 23.9 Å². The van der Waals surface area contributed by atoms with Crippen LogP contribution >= 0.6 is 50.6 Å². The number of halogens is 2. The molecule has 0 aliphatic rings. The van der Waals surface area contributed by atoms with Gasteiger partial charge in [0.2, 0.25) is 0 Å². The second-order valence-electron chi connectivity index (χ2n) is 6.96. The zero-order chi connectivity index (χ0) is 24.7. The van der Waals surface area contributed by atoms with E-state index in [-0.39, 0.29) is 17.9 Å². The first kappa shape index (κ1) is 26.3. The van der Waals surface area contributed by atoms with Crippen LogP contribution in [-0.2, 0) is 19.1 Å². The number of ether oxygens (including phenoxy) is 2.